The Hall–Kier alpha value is 0.310. The van der Waals surface area contributed by atoms with Crippen LogP contribution in [-0.2, 0) is 0 Å². The number of hydrogen-bond acceptors (Lipinski definition) is 2. The summed E-state index contributed by atoms with van der Waals surface area (Å²) in [5, 5.41) is 0.694. The Morgan fingerprint density at radius 2 is 1.75 bits per heavy atom. The molecule has 0 aliphatic heterocycles. The van der Waals surface area contributed by atoms with Gasteiger partial charge in [0.25, 0.3) is 0 Å². The number of rotatable bonds is 7. The van der Waals surface area contributed by atoms with Gasteiger partial charge in [-0.25, -0.2) is 0 Å². The van der Waals surface area contributed by atoms with E-state index < -0.39 is 0 Å². The predicted octanol–water partition coefficient (Wildman–Crippen LogP) is 2.89. The van der Waals surface area contributed by atoms with Gasteiger partial charge in [-0.05, 0) is 18.1 Å². The highest BCUT2D eigenvalue weighted by molar-refractivity contribution is 7.99. The summed E-state index contributed by atoms with van der Waals surface area (Å²) in [6.45, 7) is 7.61. The molecule has 0 rings (SSSR count). The zero-order valence-corrected chi connectivity index (χ0v) is 9.49. The smallest absolute Gasteiger partial charge is 0.0198 e. The van der Waals surface area contributed by atoms with Crippen molar-refractivity contribution >= 4 is 11.8 Å². The maximum Gasteiger partial charge on any atom is 0.0198 e. The van der Waals surface area contributed by atoms with Crippen molar-refractivity contribution in [2.75, 3.05) is 12.3 Å². The average molecular weight is 189 g/mol. The van der Waals surface area contributed by atoms with Crippen LogP contribution >= 0.6 is 11.8 Å². The molecule has 0 aliphatic carbocycles. The summed E-state index contributed by atoms with van der Waals surface area (Å²) in [5.41, 5.74) is 5.74. The summed E-state index contributed by atoms with van der Waals surface area (Å²) >= 11 is 2.05. The molecule has 12 heavy (non-hydrogen) atoms. The number of hydrogen-bond donors (Lipinski definition) is 1. The summed E-state index contributed by atoms with van der Waals surface area (Å²) in [6.07, 6.45) is 3.81. The molecule has 0 aromatic carbocycles. The molecule has 1 unspecified atom stereocenters. The van der Waals surface area contributed by atoms with Crippen LogP contribution < -0.4 is 5.73 Å². The lowest BCUT2D eigenvalue weighted by Gasteiger charge is -2.22. The summed E-state index contributed by atoms with van der Waals surface area (Å²) in [5.74, 6) is 2.09. The third-order valence-corrected chi connectivity index (χ3v) is 3.99. The summed E-state index contributed by atoms with van der Waals surface area (Å²) in [6, 6.07) is 0. The minimum Gasteiger partial charge on any atom is -0.329 e. The summed E-state index contributed by atoms with van der Waals surface area (Å²) < 4.78 is 0. The standard InChI is InChI=1S/C10H23NS/c1-4-7-12-10(8-11)9(5-2)6-3/h9-10H,4-8,11H2,1-3H3. The average Bonchev–Trinajstić information content (AvgIpc) is 2.12. The molecule has 2 N–H and O–H groups in total. The fourth-order valence-electron chi connectivity index (χ4n) is 1.48. The largest absolute Gasteiger partial charge is 0.329 e. The van der Waals surface area contributed by atoms with Crippen molar-refractivity contribution in [3.63, 3.8) is 0 Å². The van der Waals surface area contributed by atoms with Crippen LogP contribution in [0.1, 0.15) is 40.0 Å². The molecule has 0 aromatic rings. The fourth-order valence-corrected chi connectivity index (χ4v) is 2.81. The quantitative estimate of drug-likeness (QED) is 0.666. The van der Waals surface area contributed by atoms with E-state index in [0.717, 1.165) is 12.5 Å². The Balaban J connectivity index is 3.75. The van der Waals surface area contributed by atoms with E-state index in [9.17, 15) is 0 Å². The van der Waals surface area contributed by atoms with Gasteiger partial charge in [0, 0.05) is 11.8 Å². The Labute approximate surface area is 81.5 Å². The van der Waals surface area contributed by atoms with Gasteiger partial charge in [-0.1, -0.05) is 33.6 Å². The van der Waals surface area contributed by atoms with Crippen molar-refractivity contribution < 1.29 is 0 Å². The monoisotopic (exact) mass is 189 g/mol. The van der Waals surface area contributed by atoms with Crippen LogP contribution in [0.3, 0.4) is 0 Å². The third-order valence-electron chi connectivity index (χ3n) is 2.34. The van der Waals surface area contributed by atoms with Crippen LogP contribution in [0.5, 0.6) is 0 Å². The minimum atomic E-state index is 0.694. The first-order valence-corrected chi connectivity index (χ1v) is 6.16. The maximum atomic E-state index is 5.74. The van der Waals surface area contributed by atoms with Crippen LogP contribution in [0, 0.1) is 5.92 Å². The van der Waals surface area contributed by atoms with Crippen molar-refractivity contribution in [2.24, 2.45) is 11.7 Å². The molecular weight excluding hydrogens is 166 g/mol. The van der Waals surface area contributed by atoms with Gasteiger partial charge in [-0.15, -0.1) is 0 Å². The zero-order chi connectivity index (χ0) is 9.40. The molecule has 0 aliphatic rings. The van der Waals surface area contributed by atoms with Gasteiger partial charge in [0.1, 0.15) is 0 Å². The molecule has 0 amide bonds. The molecule has 0 spiro atoms. The van der Waals surface area contributed by atoms with E-state index in [1.807, 2.05) is 0 Å². The molecule has 0 fully saturated rings. The van der Waals surface area contributed by atoms with E-state index >= 15 is 0 Å². The zero-order valence-electron chi connectivity index (χ0n) is 8.68. The highest BCUT2D eigenvalue weighted by Crippen LogP contribution is 2.24. The number of nitrogens with two attached hydrogens (primary N) is 1. The van der Waals surface area contributed by atoms with E-state index in [2.05, 4.69) is 32.5 Å². The highest BCUT2D eigenvalue weighted by Gasteiger charge is 2.16. The van der Waals surface area contributed by atoms with Crippen molar-refractivity contribution in [1.29, 1.82) is 0 Å². The molecule has 0 aromatic heterocycles. The molecule has 2 heteroatoms. The molecule has 0 bridgehead atoms. The molecule has 1 atom stereocenters. The van der Waals surface area contributed by atoms with Crippen LogP contribution in [0.2, 0.25) is 0 Å². The lowest BCUT2D eigenvalue weighted by Crippen LogP contribution is -2.25. The maximum absolute atomic E-state index is 5.74. The van der Waals surface area contributed by atoms with Crippen molar-refractivity contribution in [3.05, 3.63) is 0 Å². The van der Waals surface area contributed by atoms with Crippen molar-refractivity contribution in [1.82, 2.24) is 0 Å². The van der Waals surface area contributed by atoms with Gasteiger partial charge in [0.2, 0.25) is 0 Å². The first-order valence-electron chi connectivity index (χ1n) is 5.11. The third kappa shape index (κ3) is 4.36. The van der Waals surface area contributed by atoms with E-state index in [1.54, 1.807) is 0 Å². The lowest BCUT2D eigenvalue weighted by atomic mass is 9.99. The lowest BCUT2D eigenvalue weighted by molar-refractivity contribution is 0.475. The van der Waals surface area contributed by atoms with E-state index in [1.165, 1.54) is 25.0 Å². The molecule has 0 saturated heterocycles. The Bertz CT molecular complexity index is 91.8. The molecule has 0 heterocycles. The Morgan fingerprint density at radius 3 is 2.08 bits per heavy atom. The molecule has 0 saturated carbocycles. The van der Waals surface area contributed by atoms with Crippen molar-refractivity contribution in [3.8, 4) is 0 Å². The molecule has 0 radical (unpaired) electrons. The van der Waals surface area contributed by atoms with Gasteiger partial charge in [0.05, 0.1) is 0 Å². The Kier molecular flexibility index (Phi) is 8.14. The van der Waals surface area contributed by atoms with E-state index in [-0.39, 0.29) is 0 Å². The first-order chi connectivity index (χ1) is 5.79. The van der Waals surface area contributed by atoms with Gasteiger partial charge in [-0.2, -0.15) is 11.8 Å². The summed E-state index contributed by atoms with van der Waals surface area (Å²) in [7, 11) is 0. The van der Waals surface area contributed by atoms with Crippen LogP contribution in [-0.4, -0.2) is 17.5 Å². The Morgan fingerprint density at radius 1 is 1.17 bits per heavy atom. The van der Waals surface area contributed by atoms with E-state index in [4.69, 9.17) is 5.73 Å². The first kappa shape index (κ1) is 12.3. The van der Waals surface area contributed by atoms with Crippen LogP contribution in [0.4, 0.5) is 0 Å². The van der Waals surface area contributed by atoms with Gasteiger partial charge in [0.15, 0.2) is 0 Å². The second kappa shape index (κ2) is 7.93. The van der Waals surface area contributed by atoms with Crippen LogP contribution in [0.25, 0.3) is 0 Å². The normalized spacial score (nSPS) is 13.8. The SMILES string of the molecule is CCCSC(CN)C(CC)CC. The minimum absolute atomic E-state index is 0.694. The second-order valence-electron chi connectivity index (χ2n) is 3.22. The fraction of sp³-hybridized carbons (Fsp3) is 1.00. The van der Waals surface area contributed by atoms with Gasteiger partial charge >= 0.3 is 0 Å². The van der Waals surface area contributed by atoms with Crippen molar-refractivity contribution in [2.45, 2.75) is 45.3 Å². The summed E-state index contributed by atoms with van der Waals surface area (Å²) in [4.78, 5) is 0. The predicted molar refractivity (Wildman–Crippen MR) is 59.7 cm³/mol. The van der Waals surface area contributed by atoms with Crippen LogP contribution in [0.15, 0.2) is 0 Å². The second-order valence-corrected chi connectivity index (χ2v) is 4.57. The van der Waals surface area contributed by atoms with E-state index in [0.29, 0.717) is 5.25 Å². The number of thioether (sulfide) groups is 1. The molecule has 1 nitrogen and oxygen atoms in total. The topological polar surface area (TPSA) is 26.0 Å². The van der Waals surface area contributed by atoms with Gasteiger partial charge < -0.3 is 5.73 Å². The highest BCUT2D eigenvalue weighted by atomic mass is 32.2. The molecular formula is C10H23NS. The van der Waals surface area contributed by atoms with Gasteiger partial charge in [-0.3, -0.25) is 0 Å². The molecule has 74 valence electrons.